The molecule has 18 heavy (non-hydrogen) atoms. The number of benzene rings is 1. The molecule has 0 fully saturated rings. The van der Waals surface area contributed by atoms with Gasteiger partial charge >= 0.3 is 0 Å². The van der Waals surface area contributed by atoms with Crippen molar-refractivity contribution in [2.75, 3.05) is 0 Å². The highest BCUT2D eigenvalue weighted by Gasteiger charge is 2.28. The van der Waals surface area contributed by atoms with E-state index in [-0.39, 0.29) is 16.8 Å². The Balaban J connectivity index is 2.67. The number of amides is 2. The minimum atomic E-state index is -0.605. The van der Waals surface area contributed by atoms with Crippen LogP contribution in [0.15, 0.2) is 18.2 Å². The third-order valence-electron chi connectivity index (χ3n) is 2.86. The summed E-state index contributed by atoms with van der Waals surface area (Å²) in [7, 11) is 0. The van der Waals surface area contributed by atoms with E-state index >= 15 is 0 Å². The molecule has 0 spiro atoms. The first-order valence-corrected chi connectivity index (χ1v) is 5.23. The summed E-state index contributed by atoms with van der Waals surface area (Å²) >= 11 is 0. The second kappa shape index (κ2) is 4.06. The van der Waals surface area contributed by atoms with Crippen LogP contribution in [-0.4, -0.2) is 16.7 Å². The summed E-state index contributed by atoms with van der Waals surface area (Å²) < 4.78 is 0. The zero-order chi connectivity index (χ0) is 13.4. The predicted molar refractivity (Wildman–Crippen MR) is 63.7 cm³/mol. The molecule has 1 aromatic carbocycles. The molecule has 92 valence electrons. The van der Waals surface area contributed by atoms with E-state index in [4.69, 9.17) is 0 Å². The second-order valence-corrected chi connectivity index (χ2v) is 4.09. The first kappa shape index (κ1) is 12.0. The fraction of sp³-hybridized carbons (Fsp3) is 0.167. The average molecular weight is 246 g/mol. The monoisotopic (exact) mass is 246 g/mol. The van der Waals surface area contributed by atoms with Crippen molar-refractivity contribution in [3.8, 4) is 0 Å². The molecule has 6 heteroatoms. The molecule has 0 bridgehead atoms. The van der Waals surface area contributed by atoms with E-state index in [2.05, 4.69) is 5.32 Å². The van der Waals surface area contributed by atoms with Crippen LogP contribution in [-0.2, 0) is 9.59 Å². The first-order chi connectivity index (χ1) is 8.40. The van der Waals surface area contributed by atoms with Gasteiger partial charge in [0, 0.05) is 12.1 Å². The number of imide groups is 1. The van der Waals surface area contributed by atoms with Crippen molar-refractivity contribution < 1.29 is 14.5 Å². The van der Waals surface area contributed by atoms with Crippen molar-refractivity contribution in [2.45, 2.75) is 13.8 Å². The minimum absolute atomic E-state index is 0.0369. The number of nitrogens with zero attached hydrogens (tertiary/aromatic N) is 1. The summed E-state index contributed by atoms with van der Waals surface area (Å²) in [4.78, 5) is 33.1. The molecule has 1 aromatic rings. The highest BCUT2D eigenvalue weighted by Crippen LogP contribution is 2.30. The Kier molecular flexibility index (Phi) is 2.70. The number of carbonyl (C=O) groups is 2. The third-order valence-corrected chi connectivity index (χ3v) is 2.86. The maximum absolute atomic E-state index is 11.5. The molecule has 1 aliphatic rings. The van der Waals surface area contributed by atoms with Crippen LogP contribution in [0.1, 0.15) is 16.7 Å². The van der Waals surface area contributed by atoms with E-state index in [9.17, 15) is 19.7 Å². The molecule has 2 rings (SSSR count). The largest absolute Gasteiger partial charge is 0.289 e. The van der Waals surface area contributed by atoms with E-state index in [1.807, 2.05) is 0 Å². The van der Waals surface area contributed by atoms with Crippen molar-refractivity contribution >= 4 is 23.1 Å². The molecule has 0 saturated carbocycles. The van der Waals surface area contributed by atoms with Gasteiger partial charge in [-0.15, -0.1) is 0 Å². The quantitative estimate of drug-likeness (QED) is 0.483. The lowest BCUT2D eigenvalue weighted by Gasteiger charge is -2.06. The van der Waals surface area contributed by atoms with Crippen molar-refractivity contribution in [3.63, 3.8) is 0 Å². The first-order valence-electron chi connectivity index (χ1n) is 5.23. The summed E-state index contributed by atoms with van der Waals surface area (Å²) in [5.41, 5.74) is 1.62. The smallest absolute Gasteiger partial charge is 0.277 e. The van der Waals surface area contributed by atoms with Crippen molar-refractivity contribution in [2.24, 2.45) is 0 Å². The molecule has 0 atom stereocenters. The summed E-state index contributed by atoms with van der Waals surface area (Å²) in [5, 5.41) is 13.1. The highest BCUT2D eigenvalue weighted by atomic mass is 16.6. The minimum Gasteiger partial charge on any atom is -0.289 e. The Hall–Kier alpha value is -2.50. The molecule has 0 aromatic heterocycles. The summed E-state index contributed by atoms with van der Waals surface area (Å²) in [6.45, 7) is 3.54. The Morgan fingerprint density at radius 1 is 1.17 bits per heavy atom. The number of aryl methyl sites for hydroxylation is 2. The SMILES string of the molecule is Cc1cc(C2=CC(=O)NC2=O)c([N+](=O)[O-])cc1C. The molecule has 1 aliphatic heterocycles. The van der Waals surface area contributed by atoms with E-state index in [0.29, 0.717) is 0 Å². The number of rotatable bonds is 2. The van der Waals surface area contributed by atoms with Crippen LogP contribution in [0.25, 0.3) is 5.57 Å². The standard InChI is InChI=1S/C12H10N2O4/c1-6-3-8(9-5-11(15)13-12(9)16)10(14(17)18)4-7(6)2/h3-5H,1-2H3,(H,13,15,16). The Morgan fingerprint density at radius 2 is 1.78 bits per heavy atom. The van der Waals surface area contributed by atoms with Gasteiger partial charge in [0.2, 0.25) is 0 Å². The average Bonchev–Trinajstić information content (AvgIpc) is 2.61. The maximum atomic E-state index is 11.5. The van der Waals surface area contributed by atoms with Crippen LogP contribution < -0.4 is 5.32 Å². The van der Waals surface area contributed by atoms with Gasteiger partial charge in [-0.05, 0) is 31.0 Å². The number of carbonyl (C=O) groups excluding carboxylic acids is 2. The van der Waals surface area contributed by atoms with E-state index in [0.717, 1.165) is 17.2 Å². The van der Waals surface area contributed by atoms with Gasteiger partial charge in [-0.3, -0.25) is 25.0 Å². The van der Waals surface area contributed by atoms with Crippen LogP contribution in [0.5, 0.6) is 0 Å². The Labute approximate surface area is 102 Å². The van der Waals surface area contributed by atoms with Crippen LogP contribution >= 0.6 is 0 Å². The van der Waals surface area contributed by atoms with Gasteiger partial charge in [0.1, 0.15) is 0 Å². The van der Waals surface area contributed by atoms with Crippen molar-refractivity contribution in [1.29, 1.82) is 0 Å². The van der Waals surface area contributed by atoms with Crippen molar-refractivity contribution in [1.82, 2.24) is 5.32 Å². The zero-order valence-electron chi connectivity index (χ0n) is 9.81. The number of nitro groups is 1. The summed E-state index contributed by atoms with van der Waals surface area (Å²) in [6.07, 6.45) is 1.08. The van der Waals surface area contributed by atoms with Gasteiger partial charge < -0.3 is 0 Å². The second-order valence-electron chi connectivity index (χ2n) is 4.09. The summed E-state index contributed by atoms with van der Waals surface area (Å²) in [6, 6.07) is 2.96. The van der Waals surface area contributed by atoms with E-state index in [1.165, 1.54) is 6.07 Å². The molecule has 0 aliphatic carbocycles. The van der Waals surface area contributed by atoms with Crippen molar-refractivity contribution in [3.05, 3.63) is 45.0 Å². The van der Waals surface area contributed by atoms with Crippen LogP contribution in [0, 0.1) is 24.0 Å². The van der Waals surface area contributed by atoms with Gasteiger partial charge in [0.25, 0.3) is 17.5 Å². The van der Waals surface area contributed by atoms with Gasteiger partial charge in [-0.2, -0.15) is 0 Å². The third kappa shape index (κ3) is 1.88. The molecular formula is C12H10N2O4. The number of hydrogen-bond donors (Lipinski definition) is 1. The molecule has 1 N–H and O–H groups in total. The number of hydrogen-bond acceptors (Lipinski definition) is 4. The Bertz CT molecular complexity index is 617. The highest BCUT2D eigenvalue weighted by molar-refractivity contribution is 6.34. The lowest BCUT2D eigenvalue weighted by atomic mass is 9.98. The van der Waals surface area contributed by atoms with Gasteiger partial charge in [0.15, 0.2) is 0 Å². The Morgan fingerprint density at radius 3 is 2.28 bits per heavy atom. The topological polar surface area (TPSA) is 89.3 Å². The molecular weight excluding hydrogens is 236 g/mol. The zero-order valence-corrected chi connectivity index (χ0v) is 9.81. The normalized spacial score (nSPS) is 14.4. The molecule has 2 amide bonds. The van der Waals surface area contributed by atoms with E-state index < -0.39 is 16.7 Å². The van der Waals surface area contributed by atoms with Crippen LogP contribution in [0.3, 0.4) is 0 Å². The van der Waals surface area contributed by atoms with Gasteiger partial charge in [-0.25, -0.2) is 0 Å². The molecule has 0 radical (unpaired) electrons. The fourth-order valence-electron chi connectivity index (χ4n) is 1.78. The van der Waals surface area contributed by atoms with Crippen LogP contribution in [0.2, 0.25) is 0 Å². The molecule has 0 saturated heterocycles. The van der Waals surface area contributed by atoms with Gasteiger partial charge in [-0.1, -0.05) is 0 Å². The lowest BCUT2D eigenvalue weighted by molar-refractivity contribution is -0.385. The number of nitro benzene ring substituents is 1. The molecule has 6 nitrogen and oxygen atoms in total. The molecule has 0 unspecified atom stereocenters. The summed E-state index contributed by atoms with van der Waals surface area (Å²) in [5.74, 6) is -1.16. The van der Waals surface area contributed by atoms with Crippen LogP contribution in [0.4, 0.5) is 5.69 Å². The predicted octanol–water partition coefficient (Wildman–Crippen LogP) is 1.25. The van der Waals surface area contributed by atoms with E-state index in [1.54, 1.807) is 19.9 Å². The fourth-order valence-corrected chi connectivity index (χ4v) is 1.78. The molecule has 1 heterocycles. The maximum Gasteiger partial charge on any atom is 0.277 e. The van der Waals surface area contributed by atoms with Gasteiger partial charge in [0.05, 0.1) is 16.1 Å². The lowest BCUT2D eigenvalue weighted by Crippen LogP contribution is -2.22. The number of nitrogens with one attached hydrogen (secondary N) is 1.